The van der Waals surface area contributed by atoms with Gasteiger partial charge in [-0.2, -0.15) is 0 Å². The van der Waals surface area contributed by atoms with Crippen LogP contribution >= 0.6 is 11.6 Å². The van der Waals surface area contributed by atoms with Crippen molar-refractivity contribution in [2.24, 2.45) is 0 Å². The number of aryl methyl sites for hydroxylation is 1. The minimum absolute atomic E-state index is 0.0145. The molecule has 84 valence electrons. The van der Waals surface area contributed by atoms with Crippen molar-refractivity contribution >= 4 is 11.6 Å². The first kappa shape index (κ1) is 10.9. The maximum atomic E-state index is 6.08. The van der Waals surface area contributed by atoms with Gasteiger partial charge >= 0.3 is 0 Å². The van der Waals surface area contributed by atoms with E-state index < -0.39 is 0 Å². The summed E-state index contributed by atoms with van der Waals surface area (Å²) in [5, 5.41) is 8.40. The number of aromatic nitrogens is 3. The van der Waals surface area contributed by atoms with Crippen LogP contribution in [0.4, 0.5) is 0 Å². The van der Waals surface area contributed by atoms with Crippen molar-refractivity contribution in [1.29, 1.82) is 0 Å². The lowest BCUT2D eigenvalue weighted by molar-refractivity contribution is 0.146. The van der Waals surface area contributed by atoms with E-state index in [9.17, 15) is 0 Å². The molecule has 0 aliphatic carbocycles. The van der Waals surface area contributed by atoms with Crippen molar-refractivity contribution in [3.63, 3.8) is 0 Å². The third kappa shape index (κ3) is 1.76. The Morgan fingerprint density at radius 2 is 2.33 bits per heavy atom. The van der Waals surface area contributed by atoms with E-state index in [0.29, 0.717) is 5.28 Å². The molecule has 0 aromatic carbocycles. The lowest BCUT2D eigenvalue weighted by Crippen LogP contribution is -2.35. The van der Waals surface area contributed by atoms with Gasteiger partial charge in [0.25, 0.3) is 0 Å². The highest BCUT2D eigenvalue weighted by atomic mass is 35.5. The van der Waals surface area contributed by atoms with Crippen LogP contribution in [0.2, 0.25) is 5.28 Å². The predicted molar refractivity (Wildman–Crippen MR) is 58.1 cm³/mol. The fraction of sp³-hybridized carbons (Fsp3) is 0.800. The maximum Gasteiger partial charge on any atom is 0.225 e. The molecule has 0 N–H and O–H groups in total. The van der Waals surface area contributed by atoms with Gasteiger partial charge in [-0.15, -0.1) is 10.2 Å². The topological polar surface area (TPSA) is 39.9 Å². The second-order valence-corrected chi connectivity index (χ2v) is 4.47. The molecule has 15 heavy (non-hydrogen) atoms. The fourth-order valence-electron chi connectivity index (χ4n) is 2.42. The van der Waals surface area contributed by atoms with Crippen LogP contribution in [0.25, 0.3) is 0 Å². The highest BCUT2D eigenvalue weighted by Gasteiger charge is 2.38. The molecule has 0 radical (unpaired) electrons. The molecule has 1 aliphatic heterocycles. The number of hydrogen-bond acceptors (Lipinski definition) is 3. The second kappa shape index (κ2) is 4.10. The molecule has 0 bridgehead atoms. The van der Waals surface area contributed by atoms with Gasteiger partial charge in [0.05, 0.1) is 12.1 Å². The number of ether oxygens (including phenoxy) is 1. The molecule has 1 atom stereocenters. The van der Waals surface area contributed by atoms with Crippen LogP contribution in [0.3, 0.4) is 0 Å². The quantitative estimate of drug-likeness (QED) is 0.798. The summed E-state index contributed by atoms with van der Waals surface area (Å²) in [6.45, 7) is 5.63. The largest absolute Gasteiger partial charge is 0.379 e. The van der Waals surface area contributed by atoms with E-state index in [-0.39, 0.29) is 5.54 Å². The zero-order chi connectivity index (χ0) is 10.9. The Morgan fingerprint density at radius 1 is 1.53 bits per heavy atom. The molecule has 0 spiro atoms. The number of hydrogen-bond donors (Lipinski definition) is 0. The SMILES string of the molecule is CCCC1(n2c(C)nnc2Cl)CCOC1. The lowest BCUT2D eigenvalue weighted by atomic mass is 9.92. The molecule has 1 aliphatic rings. The summed E-state index contributed by atoms with van der Waals surface area (Å²) in [5.74, 6) is 0.874. The molecule has 1 unspecified atom stereocenters. The van der Waals surface area contributed by atoms with E-state index in [0.717, 1.165) is 38.3 Å². The zero-order valence-electron chi connectivity index (χ0n) is 9.16. The molecule has 2 rings (SSSR count). The van der Waals surface area contributed by atoms with E-state index in [2.05, 4.69) is 17.1 Å². The first-order chi connectivity index (χ1) is 7.19. The number of halogens is 1. The molecule has 1 fully saturated rings. The van der Waals surface area contributed by atoms with E-state index in [4.69, 9.17) is 16.3 Å². The summed E-state index contributed by atoms with van der Waals surface area (Å²) in [5.41, 5.74) is -0.0145. The number of nitrogens with zero attached hydrogens (tertiary/aromatic N) is 3. The van der Waals surface area contributed by atoms with E-state index >= 15 is 0 Å². The van der Waals surface area contributed by atoms with Gasteiger partial charge in [-0.05, 0) is 31.4 Å². The normalized spacial score (nSPS) is 26.1. The molecule has 4 nitrogen and oxygen atoms in total. The molecule has 5 heteroatoms. The van der Waals surface area contributed by atoms with Gasteiger partial charge in [0.1, 0.15) is 5.82 Å². The standard InChI is InChI=1S/C10H16ClN3O/c1-3-4-10(5-6-15-7-10)14-8(2)12-13-9(14)11/h3-7H2,1-2H3. The summed E-state index contributed by atoms with van der Waals surface area (Å²) < 4.78 is 7.54. The van der Waals surface area contributed by atoms with Crippen LogP contribution in [0.5, 0.6) is 0 Å². The summed E-state index contributed by atoms with van der Waals surface area (Å²) >= 11 is 6.08. The van der Waals surface area contributed by atoms with E-state index in [1.54, 1.807) is 0 Å². The van der Waals surface area contributed by atoms with Crippen LogP contribution in [-0.2, 0) is 10.3 Å². The molecule has 2 heterocycles. The van der Waals surface area contributed by atoms with Gasteiger partial charge in [-0.25, -0.2) is 0 Å². The lowest BCUT2D eigenvalue weighted by Gasteiger charge is -2.29. The van der Waals surface area contributed by atoms with E-state index in [1.165, 1.54) is 0 Å². The minimum Gasteiger partial charge on any atom is -0.379 e. The zero-order valence-corrected chi connectivity index (χ0v) is 9.92. The molecule has 0 amide bonds. The Labute approximate surface area is 94.6 Å². The summed E-state index contributed by atoms with van der Waals surface area (Å²) in [4.78, 5) is 0. The Balaban J connectivity index is 2.40. The third-order valence-electron chi connectivity index (χ3n) is 3.06. The predicted octanol–water partition coefficient (Wildman–Crippen LogP) is 2.16. The molecular formula is C10H16ClN3O. The van der Waals surface area contributed by atoms with Gasteiger partial charge in [0.2, 0.25) is 5.28 Å². The molecule has 1 aromatic heterocycles. The van der Waals surface area contributed by atoms with Crippen molar-refractivity contribution in [3.8, 4) is 0 Å². The van der Waals surface area contributed by atoms with Crippen LogP contribution < -0.4 is 0 Å². The second-order valence-electron chi connectivity index (χ2n) is 4.13. The molecule has 1 aromatic rings. The summed E-state index contributed by atoms with van der Waals surface area (Å²) in [6.07, 6.45) is 3.17. The Bertz CT molecular complexity index is 325. The van der Waals surface area contributed by atoms with Gasteiger partial charge < -0.3 is 4.74 Å². The van der Waals surface area contributed by atoms with Crippen molar-refractivity contribution in [3.05, 3.63) is 11.1 Å². The highest BCUT2D eigenvalue weighted by molar-refractivity contribution is 6.28. The van der Waals surface area contributed by atoms with Crippen molar-refractivity contribution < 1.29 is 4.74 Å². The first-order valence-electron chi connectivity index (χ1n) is 5.35. The van der Waals surface area contributed by atoms with Crippen molar-refractivity contribution in [2.75, 3.05) is 13.2 Å². The highest BCUT2D eigenvalue weighted by Crippen LogP contribution is 2.35. The number of rotatable bonds is 3. The Kier molecular flexibility index (Phi) is 2.98. The average molecular weight is 230 g/mol. The van der Waals surface area contributed by atoms with Gasteiger partial charge in [0, 0.05) is 6.61 Å². The third-order valence-corrected chi connectivity index (χ3v) is 3.30. The fourth-order valence-corrected chi connectivity index (χ4v) is 2.76. The Morgan fingerprint density at radius 3 is 2.80 bits per heavy atom. The van der Waals surface area contributed by atoms with Crippen molar-refractivity contribution in [1.82, 2.24) is 14.8 Å². The van der Waals surface area contributed by atoms with Crippen molar-refractivity contribution in [2.45, 2.75) is 38.6 Å². The van der Waals surface area contributed by atoms with Gasteiger partial charge in [-0.1, -0.05) is 13.3 Å². The van der Waals surface area contributed by atoms with Gasteiger partial charge in [0.15, 0.2) is 0 Å². The van der Waals surface area contributed by atoms with Crippen LogP contribution in [-0.4, -0.2) is 28.0 Å². The minimum atomic E-state index is -0.0145. The smallest absolute Gasteiger partial charge is 0.225 e. The molecule has 1 saturated heterocycles. The molecular weight excluding hydrogens is 214 g/mol. The monoisotopic (exact) mass is 229 g/mol. The van der Waals surface area contributed by atoms with Crippen LogP contribution in [0.1, 0.15) is 32.0 Å². The summed E-state index contributed by atoms with van der Waals surface area (Å²) in [7, 11) is 0. The maximum absolute atomic E-state index is 6.08. The van der Waals surface area contributed by atoms with Crippen LogP contribution in [0, 0.1) is 6.92 Å². The van der Waals surface area contributed by atoms with Gasteiger partial charge in [-0.3, -0.25) is 4.57 Å². The Hall–Kier alpha value is -0.610. The summed E-state index contributed by atoms with van der Waals surface area (Å²) in [6, 6.07) is 0. The molecule has 0 saturated carbocycles. The average Bonchev–Trinajstić information content (AvgIpc) is 2.76. The van der Waals surface area contributed by atoms with Crippen LogP contribution in [0.15, 0.2) is 0 Å². The van der Waals surface area contributed by atoms with E-state index in [1.807, 2.05) is 11.5 Å². The first-order valence-corrected chi connectivity index (χ1v) is 5.73.